The minimum Gasteiger partial charge on any atom is -0.497 e. The van der Waals surface area contributed by atoms with Crippen molar-refractivity contribution in [3.63, 3.8) is 0 Å². The molecule has 0 spiro atoms. The predicted molar refractivity (Wildman–Crippen MR) is 123 cm³/mol. The van der Waals surface area contributed by atoms with Gasteiger partial charge in [-0.15, -0.1) is 0 Å². The van der Waals surface area contributed by atoms with Gasteiger partial charge in [0.2, 0.25) is 0 Å². The molecule has 8 heteroatoms. The number of aromatic nitrogens is 2. The summed E-state index contributed by atoms with van der Waals surface area (Å²) in [7, 11) is 2.98. The van der Waals surface area contributed by atoms with Crippen LogP contribution in [0, 0.1) is 0 Å². The topological polar surface area (TPSA) is 82.9 Å². The molecular weight excluding hydrogens is 422 g/mol. The minimum absolute atomic E-state index is 0.190. The van der Waals surface area contributed by atoms with Crippen molar-refractivity contribution >= 4 is 5.97 Å². The zero-order chi connectivity index (χ0) is 23.2. The van der Waals surface area contributed by atoms with Crippen LogP contribution < -0.4 is 15.0 Å². The quantitative estimate of drug-likeness (QED) is 0.513. The molecule has 0 N–H and O–H groups in total. The van der Waals surface area contributed by atoms with E-state index in [-0.39, 0.29) is 17.9 Å². The van der Waals surface area contributed by atoms with Gasteiger partial charge >= 0.3 is 5.97 Å². The van der Waals surface area contributed by atoms with Crippen molar-refractivity contribution in [1.82, 2.24) is 14.5 Å². The molecule has 3 heterocycles. The fourth-order valence-electron chi connectivity index (χ4n) is 4.02. The Morgan fingerprint density at radius 3 is 2.58 bits per heavy atom. The highest BCUT2D eigenvalue weighted by molar-refractivity contribution is 5.93. The standard InChI is InChI=1S/C25H27N3O5/c1-31-20-7-5-18(6-8-20)16-27-11-9-21-24(25(30)32-2)22(14-23(29)28(21)13-12-27)33-17-19-4-3-10-26-15-19/h3-8,10,14-15H,9,11-13,16-17H2,1-2H3. The number of hydrogen-bond donors (Lipinski definition) is 0. The van der Waals surface area contributed by atoms with Crippen molar-refractivity contribution in [3.8, 4) is 11.5 Å². The first-order chi connectivity index (χ1) is 16.1. The Morgan fingerprint density at radius 2 is 1.88 bits per heavy atom. The van der Waals surface area contributed by atoms with Crippen molar-refractivity contribution < 1.29 is 19.0 Å². The van der Waals surface area contributed by atoms with E-state index in [0.717, 1.165) is 23.4 Å². The molecule has 0 aliphatic carbocycles. The number of carbonyl (C=O) groups excluding carboxylic acids is 1. The molecular formula is C25H27N3O5. The van der Waals surface area contributed by atoms with E-state index >= 15 is 0 Å². The fraction of sp³-hybridized carbons (Fsp3) is 0.320. The lowest BCUT2D eigenvalue weighted by Crippen LogP contribution is -2.29. The Bertz CT molecular complexity index is 1160. The Balaban J connectivity index is 1.58. The third-order valence-electron chi connectivity index (χ3n) is 5.76. The van der Waals surface area contributed by atoms with Gasteiger partial charge in [0, 0.05) is 62.3 Å². The van der Waals surface area contributed by atoms with Crippen LogP contribution in [-0.4, -0.2) is 47.7 Å². The van der Waals surface area contributed by atoms with Gasteiger partial charge in [-0.05, 0) is 23.8 Å². The molecule has 4 rings (SSSR count). The van der Waals surface area contributed by atoms with Gasteiger partial charge in [0.25, 0.3) is 5.56 Å². The van der Waals surface area contributed by atoms with Gasteiger partial charge in [0.1, 0.15) is 23.7 Å². The van der Waals surface area contributed by atoms with Crippen molar-refractivity contribution in [3.05, 3.63) is 87.6 Å². The van der Waals surface area contributed by atoms with E-state index in [0.29, 0.717) is 37.3 Å². The highest BCUT2D eigenvalue weighted by atomic mass is 16.5. The number of pyridine rings is 2. The normalized spacial score (nSPS) is 13.6. The van der Waals surface area contributed by atoms with Crippen LogP contribution in [0.4, 0.5) is 0 Å². The number of carbonyl (C=O) groups is 1. The molecule has 0 unspecified atom stereocenters. The van der Waals surface area contributed by atoms with Crippen LogP contribution in [0.25, 0.3) is 0 Å². The summed E-state index contributed by atoms with van der Waals surface area (Å²) in [5, 5.41) is 0. The van der Waals surface area contributed by atoms with Crippen LogP contribution in [0.2, 0.25) is 0 Å². The first-order valence-corrected chi connectivity index (χ1v) is 10.8. The number of fused-ring (bicyclic) bond motifs is 1. The second kappa shape index (κ2) is 10.3. The second-order valence-corrected chi connectivity index (χ2v) is 7.84. The third-order valence-corrected chi connectivity index (χ3v) is 5.76. The third kappa shape index (κ3) is 5.23. The summed E-state index contributed by atoms with van der Waals surface area (Å²) in [4.78, 5) is 32.0. The Hall–Kier alpha value is -3.65. The lowest BCUT2D eigenvalue weighted by molar-refractivity contribution is 0.0592. The summed E-state index contributed by atoms with van der Waals surface area (Å²) < 4.78 is 17.8. The van der Waals surface area contributed by atoms with Crippen molar-refractivity contribution in [1.29, 1.82) is 0 Å². The Morgan fingerprint density at radius 1 is 1.06 bits per heavy atom. The largest absolute Gasteiger partial charge is 0.497 e. The molecule has 0 saturated carbocycles. The molecule has 2 aromatic heterocycles. The maximum Gasteiger partial charge on any atom is 0.343 e. The summed E-state index contributed by atoms with van der Waals surface area (Å²) in [6.45, 7) is 2.81. The van der Waals surface area contributed by atoms with E-state index in [1.165, 1.54) is 13.2 Å². The molecule has 1 aliphatic heterocycles. The van der Waals surface area contributed by atoms with Gasteiger partial charge < -0.3 is 18.8 Å². The number of benzene rings is 1. The van der Waals surface area contributed by atoms with Crippen molar-refractivity contribution in [2.45, 2.75) is 26.1 Å². The number of nitrogens with zero attached hydrogens (tertiary/aromatic N) is 3. The molecule has 0 atom stereocenters. The molecule has 0 fully saturated rings. The lowest BCUT2D eigenvalue weighted by Gasteiger charge is -2.19. The molecule has 0 bridgehead atoms. The number of methoxy groups -OCH3 is 2. The zero-order valence-corrected chi connectivity index (χ0v) is 18.8. The summed E-state index contributed by atoms with van der Waals surface area (Å²) in [6.07, 6.45) is 3.89. The van der Waals surface area contributed by atoms with Crippen LogP contribution in [0.5, 0.6) is 11.5 Å². The first kappa shape index (κ1) is 22.5. The average molecular weight is 450 g/mol. The van der Waals surface area contributed by atoms with Crippen molar-refractivity contribution in [2.75, 3.05) is 27.3 Å². The summed E-state index contributed by atoms with van der Waals surface area (Å²) >= 11 is 0. The number of ether oxygens (including phenoxy) is 3. The summed E-state index contributed by atoms with van der Waals surface area (Å²) in [6, 6.07) is 13.0. The van der Waals surface area contributed by atoms with E-state index in [9.17, 15) is 9.59 Å². The monoisotopic (exact) mass is 449 g/mol. The van der Waals surface area contributed by atoms with E-state index in [4.69, 9.17) is 14.2 Å². The molecule has 0 radical (unpaired) electrons. The van der Waals surface area contributed by atoms with Gasteiger partial charge in [-0.3, -0.25) is 14.7 Å². The minimum atomic E-state index is -0.511. The van der Waals surface area contributed by atoms with Gasteiger partial charge in [0.05, 0.1) is 14.2 Å². The van der Waals surface area contributed by atoms with E-state index in [2.05, 4.69) is 9.88 Å². The molecule has 1 aliphatic rings. The SMILES string of the molecule is COC(=O)c1c(OCc2cccnc2)cc(=O)n2c1CCN(Cc1ccc(OC)cc1)CC2. The fourth-order valence-corrected chi connectivity index (χ4v) is 4.02. The van der Waals surface area contributed by atoms with Gasteiger partial charge in [-0.1, -0.05) is 18.2 Å². The second-order valence-electron chi connectivity index (χ2n) is 7.84. The summed E-state index contributed by atoms with van der Waals surface area (Å²) in [5.41, 5.74) is 2.77. The molecule has 1 aromatic carbocycles. The number of esters is 1. The van der Waals surface area contributed by atoms with E-state index < -0.39 is 5.97 Å². The molecule has 0 amide bonds. The predicted octanol–water partition coefficient (Wildman–Crippen LogP) is 2.68. The maximum absolute atomic E-state index is 12.9. The average Bonchev–Trinajstić information content (AvgIpc) is 3.06. The highest BCUT2D eigenvalue weighted by Gasteiger charge is 2.26. The van der Waals surface area contributed by atoms with Crippen molar-refractivity contribution in [2.24, 2.45) is 0 Å². The van der Waals surface area contributed by atoms with E-state index in [1.807, 2.05) is 36.4 Å². The smallest absolute Gasteiger partial charge is 0.343 e. The lowest BCUT2D eigenvalue weighted by atomic mass is 10.1. The first-order valence-electron chi connectivity index (χ1n) is 10.8. The highest BCUT2D eigenvalue weighted by Crippen LogP contribution is 2.25. The van der Waals surface area contributed by atoms with Crippen LogP contribution in [0.15, 0.2) is 59.7 Å². The molecule has 33 heavy (non-hydrogen) atoms. The van der Waals surface area contributed by atoms with Gasteiger partial charge in [-0.25, -0.2) is 4.79 Å². The van der Waals surface area contributed by atoms with Gasteiger partial charge in [-0.2, -0.15) is 0 Å². The molecule has 8 nitrogen and oxygen atoms in total. The van der Waals surface area contributed by atoms with Crippen LogP contribution in [0.1, 0.15) is 27.2 Å². The Kier molecular flexibility index (Phi) is 7.04. The zero-order valence-electron chi connectivity index (χ0n) is 18.8. The van der Waals surface area contributed by atoms with Crippen LogP contribution in [-0.2, 0) is 30.9 Å². The number of hydrogen-bond acceptors (Lipinski definition) is 7. The molecule has 0 saturated heterocycles. The van der Waals surface area contributed by atoms with Crippen LogP contribution >= 0.6 is 0 Å². The maximum atomic E-state index is 12.9. The molecule has 3 aromatic rings. The Labute approximate surface area is 192 Å². The summed E-state index contributed by atoms with van der Waals surface area (Å²) in [5.74, 6) is 0.546. The van der Waals surface area contributed by atoms with E-state index in [1.54, 1.807) is 24.1 Å². The van der Waals surface area contributed by atoms with Gasteiger partial charge in [0.15, 0.2) is 0 Å². The number of rotatable bonds is 7. The van der Waals surface area contributed by atoms with Crippen LogP contribution in [0.3, 0.4) is 0 Å². The molecule has 172 valence electrons.